The van der Waals surface area contributed by atoms with Crippen LogP contribution in [0.2, 0.25) is 0 Å². The molecule has 0 amide bonds. The molecule has 6 nitrogen and oxygen atoms in total. The molecular formula is C12H28N4O2S. The monoisotopic (exact) mass is 292 g/mol. The molecule has 0 aliphatic rings. The lowest BCUT2D eigenvalue weighted by molar-refractivity contribution is 0.481. The number of sulfonamides is 1. The first-order valence-corrected chi connectivity index (χ1v) is 8.71. The highest BCUT2D eigenvalue weighted by molar-refractivity contribution is 7.88. The molecule has 0 aliphatic carbocycles. The van der Waals surface area contributed by atoms with Crippen LogP contribution < -0.4 is 15.4 Å². The maximum Gasteiger partial charge on any atom is 0.208 e. The molecule has 0 radical (unpaired) electrons. The highest BCUT2D eigenvalue weighted by Gasteiger charge is 2.04. The number of rotatable bonds is 9. The van der Waals surface area contributed by atoms with Crippen LogP contribution in [0.25, 0.3) is 0 Å². The van der Waals surface area contributed by atoms with Crippen molar-refractivity contribution in [3.8, 4) is 0 Å². The number of hydrogen-bond acceptors (Lipinski definition) is 3. The number of nitrogens with zero attached hydrogens (tertiary/aromatic N) is 1. The Balaban J connectivity index is 3.77. The fraction of sp³-hybridized carbons (Fsp3) is 0.917. The normalized spacial score (nSPS) is 12.8. The smallest absolute Gasteiger partial charge is 0.208 e. The molecule has 0 unspecified atom stereocenters. The van der Waals surface area contributed by atoms with Gasteiger partial charge in [0.15, 0.2) is 5.96 Å². The van der Waals surface area contributed by atoms with Crippen LogP contribution in [0.3, 0.4) is 0 Å². The van der Waals surface area contributed by atoms with E-state index < -0.39 is 10.0 Å². The average molecular weight is 292 g/mol. The van der Waals surface area contributed by atoms with Crippen molar-refractivity contribution >= 4 is 16.0 Å². The third kappa shape index (κ3) is 10.8. The molecule has 3 N–H and O–H groups in total. The molecule has 7 heteroatoms. The van der Waals surface area contributed by atoms with Crippen molar-refractivity contribution in [3.63, 3.8) is 0 Å². The van der Waals surface area contributed by atoms with E-state index in [1.54, 1.807) is 7.05 Å². The van der Waals surface area contributed by atoms with Gasteiger partial charge in [0.1, 0.15) is 0 Å². The summed E-state index contributed by atoms with van der Waals surface area (Å²) in [6, 6.07) is 0. The molecule has 0 spiro atoms. The molecule has 0 heterocycles. The largest absolute Gasteiger partial charge is 0.356 e. The fourth-order valence-corrected chi connectivity index (χ4v) is 2.11. The van der Waals surface area contributed by atoms with Crippen LogP contribution in [0.1, 0.15) is 33.1 Å². The number of nitrogens with one attached hydrogen (secondary N) is 3. The van der Waals surface area contributed by atoms with Crippen molar-refractivity contribution in [2.45, 2.75) is 33.1 Å². The van der Waals surface area contributed by atoms with Crippen LogP contribution in [-0.4, -0.2) is 47.3 Å². The molecule has 0 atom stereocenters. The summed E-state index contributed by atoms with van der Waals surface area (Å²) < 4.78 is 24.2. The van der Waals surface area contributed by atoms with Gasteiger partial charge in [-0.1, -0.05) is 26.7 Å². The molecule has 0 fully saturated rings. The Labute approximate surface area is 117 Å². The van der Waals surface area contributed by atoms with Crippen LogP contribution in [0, 0.1) is 5.92 Å². The van der Waals surface area contributed by atoms with Crippen LogP contribution in [0.4, 0.5) is 0 Å². The van der Waals surface area contributed by atoms with E-state index in [-0.39, 0.29) is 0 Å². The fourth-order valence-electron chi connectivity index (χ4n) is 1.59. The van der Waals surface area contributed by atoms with E-state index in [9.17, 15) is 8.42 Å². The maximum atomic E-state index is 10.9. The molecule has 0 aromatic heterocycles. The zero-order valence-electron chi connectivity index (χ0n) is 12.5. The molecule has 0 aliphatic heterocycles. The summed E-state index contributed by atoms with van der Waals surface area (Å²) in [6.07, 6.45) is 4.19. The first kappa shape index (κ1) is 18.2. The summed E-state index contributed by atoms with van der Waals surface area (Å²) in [5, 5.41) is 6.44. The van der Waals surface area contributed by atoms with E-state index >= 15 is 0 Å². The molecule has 0 saturated heterocycles. The zero-order valence-corrected chi connectivity index (χ0v) is 13.3. The van der Waals surface area contributed by atoms with Crippen LogP contribution in [0.15, 0.2) is 4.99 Å². The Morgan fingerprint density at radius 1 is 1.16 bits per heavy atom. The van der Waals surface area contributed by atoms with Gasteiger partial charge in [-0.05, 0) is 12.3 Å². The van der Waals surface area contributed by atoms with Crippen molar-refractivity contribution in [1.82, 2.24) is 15.4 Å². The van der Waals surface area contributed by atoms with Crippen molar-refractivity contribution < 1.29 is 8.42 Å². The van der Waals surface area contributed by atoms with Gasteiger partial charge >= 0.3 is 0 Å². The number of aliphatic imine (C=N–C) groups is 1. The van der Waals surface area contributed by atoms with Crippen LogP contribution in [0.5, 0.6) is 0 Å². The highest BCUT2D eigenvalue weighted by Crippen LogP contribution is 2.04. The maximum absolute atomic E-state index is 10.9. The minimum atomic E-state index is -3.08. The lowest BCUT2D eigenvalue weighted by Gasteiger charge is -2.16. The molecule has 0 rings (SSSR count). The van der Waals surface area contributed by atoms with E-state index in [1.165, 1.54) is 0 Å². The topological polar surface area (TPSA) is 82.6 Å². The average Bonchev–Trinajstić information content (AvgIpc) is 2.35. The third-order valence-electron chi connectivity index (χ3n) is 2.95. The minimum Gasteiger partial charge on any atom is -0.356 e. The number of hydrogen-bond donors (Lipinski definition) is 3. The second-order valence-corrected chi connectivity index (χ2v) is 6.42. The second kappa shape index (κ2) is 10.0. The number of guanidine groups is 1. The van der Waals surface area contributed by atoms with Crippen molar-refractivity contribution in [2.75, 3.05) is 32.9 Å². The summed E-state index contributed by atoms with van der Waals surface area (Å²) in [5.41, 5.74) is 0. The quantitative estimate of drug-likeness (QED) is 0.329. The van der Waals surface area contributed by atoms with Crippen LogP contribution in [-0.2, 0) is 10.0 Å². The Bertz CT molecular complexity index is 351. The Kier molecular flexibility index (Phi) is 9.59. The van der Waals surface area contributed by atoms with Crippen molar-refractivity contribution in [2.24, 2.45) is 10.9 Å². The van der Waals surface area contributed by atoms with Crippen LogP contribution >= 0.6 is 0 Å². The SMILES string of the molecule is CCC(CC)CNC(=NC)NCCCNS(C)(=O)=O. The van der Waals surface area contributed by atoms with E-state index in [0.29, 0.717) is 19.0 Å². The molecule has 19 heavy (non-hydrogen) atoms. The molecular weight excluding hydrogens is 264 g/mol. The molecule has 0 aromatic carbocycles. The highest BCUT2D eigenvalue weighted by atomic mass is 32.2. The first-order valence-electron chi connectivity index (χ1n) is 6.82. The van der Waals surface area contributed by atoms with Gasteiger partial charge in [-0.3, -0.25) is 4.99 Å². The van der Waals surface area contributed by atoms with Gasteiger partial charge in [-0.25, -0.2) is 13.1 Å². The van der Waals surface area contributed by atoms with Crippen molar-refractivity contribution in [3.05, 3.63) is 0 Å². The first-order chi connectivity index (χ1) is 8.92. The van der Waals surface area contributed by atoms with Gasteiger partial charge in [0, 0.05) is 26.7 Å². The summed E-state index contributed by atoms with van der Waals surface area (Å²) in [6.45, 7) is 6.40. The van der Waals surface area contributed by atoms with Gasteiger partial charge in [-0.15, -0.1) is 0 Å². The van der Waals surface area contributed by atoms with E-state index in [4.69, 9.17) is 0 Å². The summed E-state index contributed by atoms with van der Waals surface area (Å²) >= 11 is 0. The molecule has 114 valence electrons. The predicted octanol–water partition coefficient (Wildman–Crippen LogP) is 0.527. The predicted molar refractivity (Wildman–Crippen MR) is 80.9 cm³/mol. The lowest BCUT2D eigenvalue weighted by Crippen LogP contribution is -2.40. The van der Waals surface area contributed by atoms with Gasteiger partial charge in [0.25, 0.3) is 0 Å². The second-order valence-electron chi connectivity index (χ2n) is 4.58. The minimum absolute atomic E-state index is 0.440. The Morgan fingerprint density at radius 3 is 2.26 bits per heavy atom. The molecule has 0 saturated carbocycles. The zero-order chi connectivity index (χ0) is 14.7. The lowest BCUT2D eigenvalue weighted by atomic mass is 10.0. The van der Waals surface area contributed by atoms with Gasteiger partial charge in [0.05, 0.1) is 6.26 Å². The van der Waals surface area contributed by atoms with Gasteiger partial charge in [-0.2, -0.15) is 0 Å². The summed E-state index contributed by atoms with van der Waals surface area (Å²) in [7, 11) is -1.35. The standard InChI is InChI=1S/C12H28N4O2S/c1-5-11(6-2)10-15-12(13-3)14-8-7-9-16-19(4,17)18/h11,16H,5-10H2,1-4H3,(H2,13,14,15). The van der Waals surface area contributed by atoms with Gasteiger partial charge in [0.2, 0.25) is 10.0 Å². The van der Waals surface area contributed by atoms with Gasteiger partial charge < -0.3 is 10.6 Å². The molecule has 0 bridgehead atoms. The van der Waals surface area contributed by atoms with E-state index in [2.05, 4.69) is 34.2 Å². The van der Waals surface area contributed by atoms with E-state index in [0.717, 1.165) is 38.0 Å². The Hall–Kier alpha value is -0.820. The van der Waals surface area contributed by atoms with Crippen molar-refractivity contribution in [1.29, 1.82) is 0 Å². The summed E-state index contributed by atoms with van der Waals surface area (Å²) in [4.78, 5) is 4.13. The van der Waals surface area contributed by atoms with E-state index in [1.807, 2.05) is 0 Å². The third-order valence-corrected chi connectivity index (χ3v) is 3.68. The summed E-state index contributed by atoms with van der Waals surface area (Å²) in [5.74, 6) is 1.43. The Morgan fingerprint density at radius 2 is 1.79 bits per heavy atom. The molecule has 0 aromatic rings.